The van der Waals surface area contributed by atoms with Crippen LogP contribution in [0.15, 0.2) is 0 Å². The fraction of sp³-hybridized carbons (Fsp3) is 0.900. The lowest BCUT2D eigenvalue weighted by molar-refractivity contribution is -0.129. The van der Waals surface area contributed by atoms with Gasteiger partial charge in [0.1, 0.15) is 0 Å². The van der Waals surface area contributed by atoms with Gasteiger partial charge in [-0.05, 0) is 5.92 Å². The van der Waals surface area contributed by atoms with Crippen LogP contribution in [-0.2, 0) is 4.79 Å². The van der Waals surface area contributed by atoms with Crippen LogP contribution in [0.3, 0.4) is 0 Å². The second kappa shape index (κ2) is 4.61. The minimum absolute atomic E-state index is 0.0663. The number of hydrogen-bond donors (Lipinski definition) is 2. The van der Waals surface area contributed by atoms with Gasteiger partial charge >= 0.3 is 0 Å². The van der Waals surface area contributed by atoms with Gasteiger partial charge in [-0.3, -0.25) is 4.79 Å². The summed E-state index contributed by atoms with van der Waals surface area (Å²) < 4.78 is 0. The molecule has 3 heteroatoms. The first kappa shape index (κ1) is 12.4. The van der Waals surface area contributed by atoms with E-state index in [1.54, 1.807) is 0 Å². The fourth-order valence-corrected chi connectivity index (χ4v) is 0.883. The van der Waals surface area contributed by atoms with Crippen molar-refractivity contribution in [3.63, 3.8) is 0 Å². The molecule has 0 aromatic carbocycles. The van der Waals surface area contributed by atoms with E-state index < -0.39 is 0 Å². The molecule has 1 unspecified atom stereocenters. The van der Waals surface area contributed by atoms with E-state index in [0.717, 1.165) is 0 Å². The summed E-state index contributed by atoms with van der Waals surface area (Å²) in [4.78, 5) is 11.6. The van der Waals surface area contributed by atoms with Crippen LogP contribution in [0.1, 0.15) is 34.6 Å². The van der Waals surface area contributed by atoms with E-state index in [1.807, 2.05) is 20.8 Å². The Labute approximate surface area is 81.1 Å². The highest BCUT2D eigenvalue weighted by Crippen LogP contribution is 2.13. The van der Waals surface area contributed by atoms with Gasteiger partial charge in [0.05, 0.1) is 0 Å². The number of hydrogen-bond acceptors (Lipinski definition) is 2. The molecule has 0 aromatic rings. The zero-order chi connectivity index (χ0) is 10.6. The maximum absolute atomic E-state index is 11.6. The Balaban J connectivity index is 4.18. The molecule has 0 saturated carbocycles. The second-order valence-corrected chi connectivity index (χ2v) is 4.81. The zero-order valence-corrected chi connectivity index (χ0v) is 9.35. The molecule has 1 atom stereocenters. The third kappa shape index (κ3) is 4.27. The molecule has 0 fully saturated rings. The molecule has 13 heavy (non-hydrogen) atoms. The Bertz CT molecular complexity index is 170. The Kier molecular flexibility index (Phi) is 4.40. The van der Waals surface area contributed by atoms with Crippen LogP contribution < -0.4 is 11.1 Å². The van der Waals surface area contributed by atoms with Gasteiger partial charge in [0.2, 0.25) is 5.91 Å². The van der Waals surface area contributed by atoms with Gasteiger partial charge in [0, 0.05) is 18.0 Å². The number of carbonyl (C=O) groups excluding carboxylic acids is 1. The largest absolute Gasteiger partial charge is 0.351 e. The van der Waals surface area contributed by atoms with E-state index in [0.29, 0.717) is 12.5 Å². The summed E-state index contributed by atoms with van der Waals surface area (Å²) in [5.74, 6) is 0.452. The van der Waals surface area contributed by atoms with Crippen molar-refractivity contribution in [2.75, 3.05) is 6.54 Å². The summed E-state index contributed by atoms with van der Waals surface area (Å²) in [5, 5.41) is 2.94. The first-order valence-corrected chi connectivity index (χ1v) is 4.80. The summed E-state index contributed by atoms with van der Waals surface area (Å²) in [6, 6.07) is 0.0896. The van der Waals surface area contributed by atoms with E-state index in [4.69, 9.17) is 5.73 Å². The first-order chi connectivity index (χ1) is 5.79. The van der Waals surface area contributed by atoms with Crippen molar-refractivity contribution in [3.05, 3.63) is 0 Å². The maximum atomic E-state index is 11.6. The van der Waals surface area contributed by atoms with Crippen molar-refractivity contribution in [2.45, 2.75) is 40.7 Å². The predicted molar refractivity (Wildman–Crippen MR) is 55.3 cm³/mol. The van der Waals surface area contributed by atoms with Gasteiger partial charge in [0.15, 0.2) is 0 Å². The van der Waals surface area contributed by atoms with Crippen LogP contribution in [0, 0.1) is 11.3 Å². The number of amides is 1. The molecule has 0 aliphatic rings. The number of nitrogens with one attached hydrogen (secondary N) is 1. The smallest absolute Gasteiger partial charge is 0.225 e. The van der Waals surface area contributed by atoms with Crippen molar-refractivity contribution in [3.8, 4) is 0 Å². The SMILES string of the molecule is CC(C)C(CN)NC(=O)C(C)(C)C. The standard InChI is InChI=1S/C10H22N2O/c1-7(2)8(6-11)12-9(13)10(3,4)5/h7-8H,6,11H2,1-5H3,(H,12,13). The van der Waals surface area contributed by atoms with Crippen molar-refractivity contribution in [1.29, 1.82) is 0 Å². The van der Waals surface area contributed by atoms with Crippen LogP contribution >= 0.6 is 0 Å². The molecule has 0 spiro atoms. The van der Waals surface area contributed by atoms with Gasteiger partial charge in [0.25, 0.3) is 0 Å². The van der Waals surface area contributed by atoms with Gasteiger partial charge in [-0.1, -0.05) is 34.6 Å². The third-order valence-electron chi connectivity index (χ3n) is 2.06. The molecule has 0 rings (SSSR count). The van der Waals surface area contributed by atoms with Gasteiger partial charge in [-0.15, -0.1) is 0 Å². The fourth-order valence-electron chi connectivity index (χ4n) is 0.883. The monoisotopic (exact) mass is 186 g/mol. The first-order valence-electron chi connectivity index (χ1n) is 4.80. The number of carbonyl (C=O) groups is 1. The highest BCUT2D eigenvalue weighted by molar-refractivity contribution is 5.81. The lowest BCUT2D eigenvalue weighted by Gasteiger charge is -2.25. The van der Waals surface area contributed by atoms with Gasteiger partial charge < -0.3 is 11.1 Å². The van der Waals surface area contributed by atoms with Crippen LogP contribution in [0.5, 0.6) is 0 Å². The van der Waals surface area contributed by atoms with Crippen molar-refractivity contribution in [1.82, 2.24) is 5.32 Å². The van der Waals surface area contributed by atoms with E-state index in [9.17, 15) is 4.79 Å². The summed E-state index contributed by atoms with van der Waals surface area (Å²) in [7, 11) is 0. The minimum Gasteiger partial charge on any atom is -0.351 e. The molecule has 3 nitrogen and oxygen atoms in total. The molecule has 0 aromatic heterocycles. The van der Waals surface area contributed by atoms with Crippen LogP contribution in [-0.4, -0.2) is 18.5 Å². The van der Waals surface area contributed by atoms with E-state index in [2.05, 4.69) is 19.2 Å². The Hall–Kier alpha value is -0.570. The molecule has 0 bridgehead atoms. The molecule has 0 aliphatic heterocycles. The third-order valence-corrected chi connectivity index (χ3v) is 2.06. The molecular weight excluding hydrogens is 164 g/mol. The number of rotatable bonds is 3. The summed E-state index contributed by atoms with van der Waals surface area (Å²) in [6.07, 6.45) is 0. The average molecular weight is 186 g/mol. The zero-order valence-electron chi connectivity index (χ0n) is 9.35. The highest BCUT2D eigenvalue weighted by Gasteiger charge is 2.24. The van der Waals surface area contributed by atoms with E-state index in [-0.39, 0.29) is 17.4 Å². The molecule has 0 radical (unpaired) electrons. The molecule has 1 amide bonds. The quantitative estimate of drug-likeness (QED) is 0.694. The van der Waals surface area contributed by atoms with E-state index in [1.165, 1.54) is 0 Å². The Morgan fingerprint density at radius 2 is 1.85 bits per heavy atom. The normalized spacial score (nSPS) is 14.4. The van der Waals surface area contributed by atoms with Crippen molar-refractivity contribution >= 4 is 5.91 Å². The van der Waals surface area contributed by atoms with Gasteiger partial charge in [-0.2, -0.15) is 0 Å². The summed E-state index contributed by atoms with van der Waals surface area (Å²) in [6.45, 7) is 10.3. The molecule has 78 valence electrons. The Morgan fingerprint density at radius 3 is 2.08 bits per heavy atom. The van der Waals surface area contributed by atoms with Crippen LogP contribution in [0.25, 0.3) is 0 Å². The summed E-state index contributed by atoms with van der Waals surface area (Å²) >= 11 is 0. The lowest BCUT2D eigenvalue weighted by atomic mass is 9.94. The van der Waals surface area contributed by atoms with Crippen molar-refractivity contribution < 1.29 is 4.79 Å². The minimum atomic E-state index is -0.331. The summed E-state index contributed by atoms with van der Waals surface area (Å²) in [5.41, 5.74) is 5.22. The Morgan fingerprint density at radius 1 is 1.38 bits per heavy atom. The molecule has 0 aliphatic carbocycles. The molecular formula is C10H22N2O. The maximum Gasteiger partial charge on any atom is 0.225 e. The lowest BCUT2D eigenvalue weighted by Crippen LogP contribution is -2.47. The predicted octanol–water partition coefficient (Wildman–Crippen LogP) is 1.13. The average Bonchev–Trinajstić information content (AvgIpc) is 1.96. The molecule has 0 heterocycles. The topological polar surface area (TPSA) is 55.1 Å². The van der Waals surface area contributed by atoms with Gasteiger partial charge in [-0.25, -0.2) is 0 Å². The van der Waals surface area contributed by atoms with Crippen molar-refractivity contribution in [2.24, 2.45) is 17.1 Å². The van der Waals surface area contributed by atoms with Crippen LogP contribution in [0.4, 0.5) is 0 Å². The van der Waals surface area contributed by atoms with E-state index >= 15 is 0 Å². The molecule has 3 N–H and O–H groups in total. The van der Waals surface area contributed by atoms with Crippen LogP contribution in [0.2, 0.25) is 0 Å². The molecule has 0 saturated heterocycles. The second-order valence-electron chi connectivity index (χ2n) is 4.81. The number of nitrogens with two attached hydrogens (primary N) is 1. The highest BCUT2D eigenvalue weighted by atomic mass is 16.2.